The van der Waals surface area contributed by atoms with Crippen molar-refractivity contribution in [3.8, 4) is 0 Å². The van der Waals surface area contributed by atoms with Gasteiger partial charge in [-0.05, 0) is 6.08 Å². The number of rotatable bonds is 0. The van der Waals surface area contributed by atoms with Gasteiger partial charge in [-0.1, -0.05) is 23.8 Å². The van der Waals surface area contributed by atoms with E-state index in [-0.39, 0.29) is 11.5 Å². The molecular formula is C8H7ClF3N. The van der Waals surface area contributed by atoms with Crippen LogP contribution in [0.3, 0.4) is 0 Å². The number of nitrogens with two attached hydrogens (primary N) is 1. The summed E-state index contributed by atoms with van der Waals surface area (Å²) in [5, 5.41) is -0.362. The molecule has 0 unspecified atom stereocenters. The van der Waals surface area contributed by atoms with Crippen LogP contribution in [-0.2, 0) is 0 Å². The predicted molar refractivity (Wildman–Crippen MR) is 45.0 cm³/mol. The highest BCUT2D eigenvalue weighted by Crippen LogP contribution is 2.33. The first-order valence-electron chi connectivity index (χ1n) is 3.51. The fourth-order valence-electron chi connectivity index (χ4n) is 0.922. The summed E-state index contributed by atoms with van der Waals surface area (Å²) >= 11 is 5.42. The lowest BCUT2D eigenvalue weighted by Crippen LogP contribution is -2.10. The zero-order valence-corrected chi connectivity index (χ0v) is 7.28. The van der Waals surface area contributed by atoms with Crippen molar-refractivity contribution in [2.75, 3.05) is 0 Å². The minimum atomic E-state index is -4.42. The first-order valence-corrected chi connectivity index (χ1v) is 3.88. The molecule has 72 valence electrons. The molecule has 0 aliphatic heterocycles. The smallest absolute Gasteiger partial charge is 0.402 e. The summed E-state index contributed by atoms with van der Waals surface area (Å²) in [6, 6.07) is 0. The van der Waals surface area contributed by atoms with Gasteiger partial charge in [0.05, 0.1) is 10.6 Å². The second-order valence-electron chi connectivity index (χ2n) is 2.59. The van der Waals surface area contributed by atoms with Crippen LogP contribution >= 0.6 is 11.6 Å². The van der Waals surface area contributed by atoms with Gasteiger partial charge in [-0.2, -0.15) is 13.2 Å². The Labute approximate surface area is 78.4 Å². The molecule has 1 aliphatic carbocycles. The molecule has 1 rings (SSSR count). The van der Waals surface area contributed by atoms with Crippen LogP contribution in [0.1, 0.15) is 6.42 Å². The molecule has 0 radical (unpaired) electrons. The van der Waals surface area contributed by atoms with Gasteiger partial charge in [-0.25, -0.2) is 0 Å². The number of hydrogen-bond acceptors (Lipinski definition) is 1. The second-order valence-corrected chi connectivity index (χ2v) is 2.99. The fraction of sp³-hybridized carbons (Fsp3) is 0.250. The Morgan fingerprint density at radius 2 is 2.00 bits per heavy atom. The third-order valence-electron chi connectivity index (χ3n) is 1.51. The van der Waals surface area contributed by atoms with E-state index >= 15 is 0 Å². The van der Waals surface area contributed by atoms with Crippen molar-refractivity contribution >= 4 is 11.6 Å². The number of alkyl halides is 3. The Morgan fingerprint density at radius 3 is 2.54 bits per heavy atom. The largest absolute Gasteiger partial charge is 0.417 e. The van der Waals surface area contributed by atoms with Crippen LogP contribution in [0.15, 0.2) is 34.5 Å². The predicted octanol–water partition coefficient (Wildman–Crippen LogP) is 2.84. The van der Waals surface area contributed by atoms with Crippen molar-refractivity contribution in [1.82, 2.24) is 0 Å². The quantitative estimate of drug-likeness (QED) is 0.652. The minimum Gasteiger partial charge on any atom is -0.402 e. The van der Waals surface area contributed by atoms with E-state index in [1.807, 2.05) is 0 Å². The van der Waals surface area contributed by atoms with Gasteiger partial charge in [0, 0.05) is 12.1 Å². The number of allylic oxidation sites excluding steroid dienone is 5. The van der Waals surface area contributed by atoms with Gasteiger partial charge >= 0.3 is 6.18 Å². The summed E-state index contributed by atoms with van der Waals surface area (Å²) in [4.78, 5) is 0. The zero-order valence-electron chi connectivity index (χ0n) is 6.53. The van der Waals surface area contributed by atoms with Gasteiger partial charge in [0.2, 0.25) is 0 Å². The van der Waals surface area contributed by atoms with Gasteiger partial charge in [-0.3, -0.25) is 0 Å². The molecule has 5 heteroatoms. The Hall–Kier alpha value is -0.900. The molecule has 0 aromatic heterocycles. The summed E-state index contributed by atoms with van der Waals surface area (Å²) in [5.41, 5.74) is 4.82. The molecule has 13 heavy (non-hydrogen) atoms. The lowest BCUT2D eigenvalue weighted by molar-refractivity contribution is -0.0884. The van der Waals surface area contributed by atoms with Gasteiger partial charge in [0.1, 0.15) is 0 Å². The van der Waals surface area contributed by atoms with Gasteiger partial charge in [0.25, 0.3) is 0 Å². The molecule has 0 atom stereocenters. The lowest BCUT2D eigenvalue weighted by Gasteiger charge is -2.07. The van der Waals surface area contributed by atoms with Crippen molar-refractivity contribution in [3.05, 3.63) is 34.5 Å². The molecule has 0 saturated heterocycles. The van der Waals surface area contributed by atoms with E-state index in [0.717, 1.165) is 12.2 Å². The highest BCUT2D eigenvalue weighted by molar-refractivity contribution is 6.31. The topological polar surface area (TPSA) is 26.0 Å². The fourth-order valence-corrected chi connectivity index (χ4v) is 1.23. The molecule has 0 aromatic rings. The molecule has 0 fully saturated rings. The maximum absolute atomic E-state index is 12.2. The monoisotopic (exact) mass is 209 g/mol. The normalized spacial score (nSPS) is 18.6. The summed E-state index contributed by atoms with van der Waals surface area (Å²) in [5.74, 6) is 0. The molecule has 0 bridgehead atoms. The van der Waals surface area contributed by atoms with Crippen molar-refractivity contribution in [2.45, 2.75) is 12.6 Å². The van der Waals surface area contributed by atoms with E-state index in [0.29, 0.717) is 5.70 Å². The Bertz CT molecular complexity index is 299. The molecule has 0 saturated carbocycles. The van der Waals surface area contributed by atoms with E-state index in [4.69, 9.17) is 17.3 Å². The standard InChI is InChI=1S/C8H7ClF3N/c9-7-4-5(13)2-1-3-6(7)8(10,11)12/h1,3-4H,2,13H2. The first kappa shape index (κ1) is 10.2. The number of hydrogen-bond donors (Lipinski definition) is 1. The van der Waals surface area contributed by atoms with E-state index in [2.05, 4.69) is 0 Å². The Balaban J connectivity index is 3.14. The molecule has 0 amide bonds. The first-order chi connectivity index (χ1) is 5.91. The molecule has 2 N–H and O–H groups in total. The van der Waals surface area contributed by atoms with E-state index in [1.54, 1.807) is 0 Å². The summed E-state index contributed by atoms with van der Waals surface area (Å²) in [6.45, 7) is 0. The van der Waals surface area contributed by atoms with Crippen LogP contribution in [0.5, 0.6) is 0 Å². The third-order valence-corrected chi connectivity index (χ3v) is 1.83. The van der Waals surface area contributed by atoms with Crippen molar-refractivity contribution in [1.29, 1.82) is 0 Å². The third kappa shape index (κ3) is 2.52. The average Bonchev–Trinajstić information content (AvgIpc) is 2.08. The Morgan fingerprint density at radius 1 is 1.38 bits per heavy atom. The SMILES string of the molecule is NC1=CC(Cl)=C(C(F)(F)F)C=CC1. The van der Waals surface area contributed by atoms with Gasteiger partial charge in [0.15, 0.2) is 0 Å². The maximum Gasteiger partial charge on any atom is 0.417 e. The highest BCUT2D eigenvalue weighted by Gasteiger charge is 2.34. The van der Waals surface area contributed by atoms with Crippen LogP contribution in [0, 0.1) is 0 Å². The average molecular weight is 210 g/mol. The molecule has 1 aliphatic rings. The van der Waals surface area contributed by atoms with Crippen LogP contribution in [0.25, 0.3) is 0 Å². The van der Waals surface area contributed by atoms with Crippen LogP contribution in [0.2, 0.25) is 0 Å². The van der Waals surface area contributed by atoms with Crippen LogP contribution in [0.4, 0.5) is 13.2 Å². The van der Waals surface area contributed by atoms with E-state index < -0.39 is 11.7 Å². The van der Waals surface area contributed by atoms with Crippen molar-refractivity contribution in [3.63, 3.8) is 0 Å². The molecule has 1 nitrogen and oxygen atoms in total. The molecule has 0 aromatic carbocycles. The van der Waals surface area contributed by atoms with Gasteiger partial charge < -0.3 is 5.73 Å². The summed E-state index contributed by atoms with van der Waals surface area (Å²) in [7, 11) is 0. The highest BCUT2D eigenvalue weighted by atomic mass is 35.5. The summed E-state index contributed by atoms with van der Waals surface area (Å²) < 4.78 is 36.7. The zero-order chi connectivity index (χ0) is 10.1. The van der Waals surface area contributed by atoms with E-state index in [1.165, 1.54) is 6.08 Å². The van der Waals surface area contributed by atoms with Crippen molar-refractivity contribution < 1.29 is 13.2 Å². The number of halogens is 4. The van der Waals surface area contributed by atoms with Crippen LogP contribution < -0.4 is 5.73 Å². The van der Waals surface area contributed by atoms with E-state index in [9.17, 15) is 13.2 Å². The lowest BCUT2D eigenvalue weighted by atomic mass is 10.2. The minimum absolute atomic E-state index is 0.288. The maximum atomic E-state index is 12.2. The van der Waals surface area contributed by atoms with Crippen LogP contribution in [-0.4, -0.2) is 6.18 Å². The Kier molecular flexibility index (Phi) is 2.71. The van der Waals surface area contributed by atoms with Gasteiger partial charge in [-0.15, -0.1) is 0 Å². The molecular weight excluding hydrogens is 203 g/mol. The molecule has 0 spiro atoms. The summed E-state index contributed by atoms with van der Waals surface area (Å²) in [6.07, 6.45) is -0.725. The second kappa shape index (κ2) is 3.46. The molecule has 0 heterocycles. The van der Waals surface area contributed by atoms with Crippen molar-refractivity contribution in [2.24, 2.45) is 5.73 Å².